The number of carbonyl (C=O) groups excluding carboxylic acids is 2. The molecule has 0 aliphatic carbocycles. The lowest BCUT2D eigenvalue weighted by molar-refractivity contribution is 0.0978. The third-order valence-corrected chi connectivity index (χ3v) is 5.73. The fourth-order valence-electron chi connectivity index (χ4n) is 3.11. The van der Waals surface area contributed by atoms with Crippen molar-refractivity contribution in [3.63, 3.8) is 0 Å². The highest BCUT2D eigenvalue weighted by atomic mass is 32.1. The molecule has 0 bridgehead atoms. The van der Waals surface area contributed by atoms with E-state index in [0.29, 0.717) is 30.1 Å². The summed E-state index contributed by atoms with van der Waals surface area (Å²) in [5.74, 6) is -5.01. The molecule has 0 amide bonds. The molecular weight excluding hydrogens is 429 g/mol. The molecule has 1 aliphatic heterocycles. The number of aliphatic imine (C=N–C) groups is 1. The lowest BCUT2D eigenvalue weighted by atomic mass is 10.0. The number of allylic oxidation sites excluding steroid dienone is 1. The standard InChI is InChI=1S/C21H15F3N4O2S/c1-10-4-12(9-25-10)21-28-27-18(31-21)3-2-17(29)16-5-11(8-26-16)20(30)19-14(23)6-13(22)7-15(19)24/h4-8,26H,2-3,9H2,1H3. The van der Waals surface area contributed by atoms with Gasteiger partial charge in [-0.3, -0.25) is 14.6 Å². The van der Waals surface area contributed by atoms with Crippen LogP contribution in [0.4, 0.5) is 13.2 Å². The first-order valence-corrected chi connectivity index (χ1v) is 10.1. The SMILES string of the molecule is CC1=NCC(c2nnc(CCC(=O)c3cc(C(=O)c4c(F)cc(F)cc4F)c[nH]3)s2)=C1. The van der Waals surface area contributed by atoms with Crippen LogP contribution in [0.2, 0.25) is 0 Å². The van der Waals surface area contributed by atoms with E-state index >= 15 is 0 Å². The maximum Gasteiger partial charge on any atom is 0.200 e. The van der Waals surface area contributed by atoms with Crippen LogP contribution in [0.25, 0.3) is 5.57 Å². The number of hydrogen-bond acceptors (Lipinski definition) is 6. The minimum absolute atomic E-state index is 0.102. The minimum Gasteiger partial charge on any atom is -0.358 e. The van der Waals surface area contributed by atoms with E-state index in [0.717, 1.165) is 16.3 Å². The van der Waals surface area contributed by atoms with E-state index in [9.17, 15) is 22.8 Å². The highest BCUT2D eigenvalue weighted by Crippen LogP contribution is 2.24. The van der Waals surface area contributed by atoms with Crippen LogP contribution < -0.4 is 0 Å². The minimum atomic E-state index is -1.30. The molecule has 3 heterocycles. The van der Waals surface area contributed by atoms with Gasteiger partial charge in [0.2, 0.25) is 0 Å². The molecule has 158 valence electrons. The molecule has 3 aromatic rings. The molecule has 2 aromatic heterocycles. The average molecular weight is 444 g/mol. The lowest BCUT2D eigenvalue weighted by Crippen LogP contribution is -2.07. The number of Topliss-reactive ketones (excluding diaryl/α,β-unsaturated/α-hetero) is 1. The second-order valence-electron chi connectivity index (χ2n) is 6.93. The highest BCUT2D eigenvalue weighted by Gasteiger charge is 2.22. The Hall–Kier alpha value is -3.40. The van der Waals surface area contributed by atoms with Crippen molar-refractivity contribution in [1.82, 2.24) is 15.2 Å². The predicted octanol–water partition coefficient (Wildman–Crippen LogP) is 4.19. The molecule has 0 unspecified atom stereocenters. The summed E-state index contributed by atoms with van der Waals surface area (Å²) in [5, 5.41) is 9.68. The van der Waals surface area contributed by atoms with E-state index in [4.69, 9.17) is 0 Å². The first-order chi connectivity index (χ1) is 14.8. The zero-order valence-electron chi connectivity index (χ0n) is 16.2. The smallest absolute Gasteiger partial charge is 0.200 e. The summed E-state index contributed by atoms with van der Waals surface area (Å²) in [7, 11) is 0. The largest absolute Gasteiger partial charge is 0.358 e. The lowest BCUT2D eigenvalue weighted by Gasteiger charge is -2.02. The van der Waals surface area contributed by atoms with Crippen LogP contribution in [0.5, 0.6) is 0 Å². The summed E-state index contributed by atoms with van der Waals surface area (Å²) < 4.78 is 40.8. The number of nitrogens with zero attached hydrogens (tertiary/aromatic N) is 3. The molecule has 0 spiro atoms. The van der Waals surface area contributed by atoms with E-state index in [1.165, 1.54) is 23.6 Å². The second-order valence-corrected chi connectivity index (χ2v) is 7.99. The number of H-pyrrole nitrogens is 1. The van der Waals surface area contributed by atoms with E-state index in [-0.39, 0.29) is 23.5 Å². The van der Waals surface area contributed by atoms with Gasteiger partial charge >= 0.3 is 0 Å². The summed E-state index contributed by atoms with van der Waals surface area (Å²) >= 11 is 1.39. The molecule has 31 heavy (non-hydrogen) atoms. The van der Waals surface area contributed by atoms with E-state index in [1.54, 1.807) is 0 Å². The van der Waals surface area contributed by atoms with Crippen molar-refractivity contribution >= 4 is 34.2 Å². The fraction of sp³-hybridized carbons (Fsp3) is 0.190. The van der Waals surface area contributed by atoms with Crippen LogP contribution in [0.1, 0.15) is 49.8 Å². The Morgan fingerprint density at radius 2 is 1.87 bits per heavy atom. The van der Waals surface area contributed by atoms with Crippen molar-refractivity contribution in [1.29, 1.82) is 0 Å². The number of hydrogen-bond donors (Lipinski definition) is 1. The van der Waals surface area contributed by atoms with Crippen molar-refractivity contribution < 1.29 is 22.8 Å². The van der Waals surface area contributed by atoms with Crippen molar-refractivity contribution in [3.05, 3.63) is 74.8 Å². The van der Waals surface area contributed by atoms with Crippen LogP contribution >= 0.6 is 11.3 Å². The summed E-state index contributed by atoms with van der Waals surface area (Å²) in [6.07, 6.45) is 3.60. The van der Waals surface area contributed by atoms with Crippen LogP contribution in [-0.2, 0) is 6.42 Å². The van der Waals surface area contributed by atoms with Gasteiger partial charge in [0.1, 0.15) is 27.5 Å². The van der Waals surface area contributed by atoms with Crippen molar-refractivity contribution in [2.45, 2.75) is 19.8 Å². The number of nitrogens with one attached hydrogen (secondary N) is 1. The number of aryl methyl sites for hydroxylation is 1. The number of aromatic amines is 1. The number of ketones is 2. The molecule has 0 fully saturated rings. The van der Waals surface area contributed by atoms with Gasteiger partial charge in [0.25, 0.3) is 0 Å². The van der Waals surface area contributed by atoms with Crippen molar-refractivity contribution in [3.8, 4) is 0 Å². The van der Waals surface area contributed by atoms with Gasteiger partial charge in [0, 0.05) is 48.0 Å². The van der Waals surface area contributed by atoms with Crippen LogP contribution in [-0.4, -0.2) is 39.0 Å². The topological polar surface area (TPSA) is 88.1 Å². The van der Waals surface area contributed by atoms with Crippen molar-refractivity contribution in [2.75, 3.05) is 6.54 Å². The Kier molecular flexibility index (Phi) is 5.64. The number of halogens is 3. The molecule has 1 N–H and O–H groups in total. The molecule has 0 radical (unpaired) electrons. The van der Waals surface area contributed by atoms with Crippen LogP contribution in [0.3, 0.4) is 0 Å². The number of aromatic nitrogens is 3. The number of rotatable bonds is 7. The van der Waals surface area contributed by atoms with E-state index in [2.05, 4.69) is 20.2 Å². The van der Waals surface area contributed by atoms with Gasteiger partial charge in [-0.15, -0.1) is 10.2 Å². The molecule has 0 atom stereocenters. The first-order valence-electron chi connectivity index (χ1n) is 9.27. The van der Waals surface area contributed by atoms with E-state index in [1.807, 2.05) is 13.0 Å². The highest BCUT2D eigenvalue weighted by molar-refractivity contribution is 7.12. The maximum atomic E-state index is 13.9. The molecule has 1 aromatic carbocycles. The Morgan fingerprint density at radius 1 is 1.13 bits per heavy atom. The fourth-order valence-corrected chi connectivity index (χ4v) is 3.96. The molecule has 0 saturated carbocycles. The summed E-state index contributed by atoms with van der Waals surface area (Å²) in [4.78, 5) is 31.8. The molecule has 1 aliphatic rings. The van der Waals surface area contributed by atoms with E-state index < -0.39 is 28.8 Å². The molecule has 4 rings (SSSR count). The third kappa shape index (κ3) is 4.38. The second kappa shape index (κ2) is 8.38. The zero-order chi connectivity index (χ0) is 22.1. The predicted molar refractivity (Wildman–Crippen MR) is 109 cm³/mol. The molecule has 0 saturated heterocycles. The number of carbonyl (C=O) groups is 2. The van der Waals surface area contributed by atoms with Gasteiger partial charge in [0.15, 0.2) is 11.6 Å². The maximum absolute atomic E-state index is 13.9. The third-order valence-electron chi connectivity index (χ3n) is 4.67. The normalized spacial score (nSPS) is 13.3. The van der Waals surface area contributed by atoms with Gasteiger partial charge in [-0.05, 0) is 19.1 Å². The van der Waals surface area contributed by atoms with Gasteiger partial charge in [-0.2, -0.15) is 0 Å². The Morgan fingerprint density at radius 3 is 2.55 bits per heavy atom. The first kappa shape index (κ1) is 20.9. The van der Waals surface area contributed by atoms with Crippen molar-refractivity contribution in [2.24, 2.45) is 4.99 Å². The molecule has 6 nitrogen and oxygen atoms in total. The molecule has 10 heteroatoms. The summed E-state index contributed by atoms with van der Waals surface area (Å²) in [6.45, 7) is 2.47. The van der Waals surface area contributed by atoms with Crippen LogP contribution in [0, 0.1) is 17.5 Å². The Balaban J connectivity index is 1.42. The van der Waals surface area contributed by atoms with Crippen LogP contribution in [0.15, 0.2) is 35.5 Å². The van der Waals surface area contributed by atoms with Gasteiger partial charge in [0.05, 0.1) is 17.8 Å². The summed E-state index contributed by atoms with van der Waals surface area (Å²) in [5.41, 5.74) is 1.06. The van der Waals surface area contributed by atoms with Gasteiger partial charge in [-0.1, -0.05) is 11.3 Å². The Bertz CT molecular complexity index is 1240. The number of benzene rings is 1. The average Bonchev–Trinajstić information content (AvgIpc) is 3.45. The Labute approximate surface area is 178 Å². The summed E-state index contributed by atoms with van der Waals surface area (Å²) in [6, 6.07) is 2.09. The monoisotopic (exact) mass is 444 g/mol. The van der Waals surface area contributed by atoms with Gasteiger partial charge < -0.3 is 4.98 Å². The van der Waals surface area contributed by atoms with Gasteiger partial charge in [-0.25, -0.2) is 13.2 Å². The molecular formula is C21H15F3N4O2S. The quantitative estimate of drug-likeness (QED) is 0.554. The zero-order valence-corrected chi connectivity index (χ0v) is 17.0.